The predicted octanol–water partition coefficient (Wildman–Crippen LogP) is 2.90. The van der Waals surface area contributed by atoms with Crippen LogP contribution >= 0.6 is 11.6 Å². The van der Waals surface area contributed by atoms with Crippen LogP contribution in [0.15, 0.2) is 48.9 Å². The summed E-state index contributed by atoms with van der Waals surface area (Å²) >= 11 is 5.85. The van der Waals surface area contributed by atoms with Crippen molar-refractivity contribution in [2.45, 2.75) is 25.7 Å². The van der Waals surface area contributed by atoms with Crippen molar-refractivity contribution < 1.29 is 9.90 Å². The lowest BCUT2D eigenvalue weighted by Crippen LogP contribution is -2.12. The van der Waals surface area contributed by atoms with Gasteiger partial charge in [-0.1, -0.05) is 30.3 Å². The smallest absolute Gasteiger partial charge is 0.224 e. The van der Waals surface area contributed by atoms with E-state index in [4.69, 9.17) is 11.6 Å². The molecule has 0 fully saturated rings. The largest absolute Gasteiger partial charge is 0.396 e. The zero-order chi connectivity index (χ0) is 18.5. The van der Waals surface area contributed by atoms with Crippen LogP contribution in [0.3, 0.4) is 0 Å². The summed E-state index contributed by atoms with van der Waals surface area (Å²) in [5.74, 6) is 0.438. The summed E-state index contributed by atoms with van der Waals surface area (Å²) in [4.78, 5) is 20.5. The second-order valence-electron chi connectivity index (χ2n) is 6.15. The monoisotopic (exact) mass is 370 g/mol. The van der Waals surface area contributed by atoms with Crippen LogP contribution < -0.4 is 0 Å². The standard InChI is InChI=1S/C19H19ClN4O2/c1-13-9-21-19(20)23-18(13)24-11-14(10-22-24)7-17(26)8-16(12-25)15-5-3-2-4-6-15/h2-6,9-11,16,25H,7-8,12H2,1H3/t16-/m1/s1. The van der Waals surface area contributed by atoms with E-state index in [0.29, 0.717) is 5.82 Å². The van der Waals surface area contributed by atoms with Gasteiger partial charge in [0.2, 0.25) is 5.28 Å². The lowest BCUT2D eigenvalue weighted by Gasteiger charge is -2.13. The number of ketones is 1. The summed E-state index contributed by atoms with van der Waals surface area (Å²) < 4.78 is 1.59. The van der Waals surface area contributed by atoms with Gasteiger partial charge in [0.05, 0.1) is 12.8 Å². The molecule has 0 spiro atoms. The molecule has 1 aromatic carbocycles. The molecule has 6 nitrogen and oxygen atoms in total. The Morgan fingerprint density at radius 2 is 2.04 bits per heavy atom. The summed E-state index contributed by atoms with van der Waals surface area (Å²) in [6, 6.07) is 9.57. The molecule has 7 heteroatoms. The number of hydrogen-bond donors (Lipinski definition) is 1. The van der Waals surface area contributed by atoms with Crippen molar-refractivity contribution in [1.29, 1.82) is 0 Å². The van der Waals surface area contributed by atoms with Crippen molar-refractivity contribution >= 4 is 17.4 Å². The Morgan fingerprint density at radius 3 is 2.77 bits per heavy atom. The Hall–Kier alpha value is -2.57. The maximum Gasteiger partial charge on any atom is 0.224 e. The molecular formula is C19H19ClN4O2. The van der Waals surface area contributed by atoms with E-state index in [9.17, 15) is 9.90 Å². The number of carbonyl (C=O) groups is 1. The lowest BCUT2D eigenvalue weighted by molar-refractivity contribution is -0.119. The van der Waals surface area contributed by atoms with Gasteiger partial charge >= 0.3 is 0 Å². The molecule has 0 aliphatic rings. The van der Waals surface area contributed by atoms with Crippen LogP contribution in [-0.2, 0) is 11.2 Å². The first kappa shape index (κ1) is 18.2. The number of aliphatic hydroxyl groups is 1. The molecule has 3 aromatic rings. The number of benzene rings is 1. The molecule has 0 saturated heterocycles. The Balaban J connectivity index is 1.69. The van der Waals surface area contributed by atoms with E-state index in [1.165, 1.54) is 0 Å². The molecule has 0 bridgehead atoms. The van der Waals surface area contributed by atoms with Gasteiger partial charge in [-0.15, -0.1) is 0 Å². The van der Waals surface area contributed by atoms with Gasteiger partial charge in [-0.05, 0) is 29.7 Å². The van der Waals surface area contributed by atoms with Crippen molar-refractivity contribution in [3.8, 4) is 5.82 Å². The minimum absolute atomic E-state index is 0.0462. The predicted molar refractivity (Wildman–Crippen MR) is 98.5 cm³/mol. The Labute approximate surface area is 156 Å². The average molecular weight is 371 g/mol. The molecule has 26 heavy (non-hydrogen) atoms. The summed E-state index contributed by atoms with van der Waals surface area (Å²) in [7, 11) is 0. The van der Waals surface area contributed by atoms with Gasteiger partial charge in [-0.3, -0.25) is 4.79 Å². The third-order valence-corrected chi connectivity index (χ3v) is 4.32. The molecule has 0 aliphatic heterocycles. The number of aryl methyl sites for hydroxylation is 1. The van der Waals surface area contributed by atoms with Gasteiger partial charge in [0, 0.05) is 36.7 Å². The molecular weight excluding hydrogens is 352 g/mol. The number of rotatable bonds is 7. The third kappa shape index (κ3) is 4.33. The Morgan fingerprint density at radius 1 is 1.27 bits per heavy atom. The summed E-state index contributed by atoms with van der Waals surface area (Å²) in [5.41, 5.74) is 2.58. The first-order valence-electron chi connectivity index (χ1n) is 8.27. The van der Waals surface area contributed by atoms with E-state index in [1.807, 2.05) is 37.3 Å². The van der Waals surface area contributed by atoms with Crippen molar-refractivity contribution in [3.63, 3.8) is 0 Å². The Bertz CT molecular complexity index is 896. The zero-order valence-electron chi connectivity index (χ0n) is 14.3. The van der Waals surface area contributed by atoms with E-state index >= 15 is 0 Å². The van der Waals surface area contributed by atoms with E-state index < -0.39 is 0 Å². The first-order valence-corrected chi connectivity index (χ1v) is 8.65. The fourth-order valence-electron chi connectivity index (χ4n) is 2.80. The van der Waals surface area contributed by atoms with Gasteiger partial charge in [-0.2, -0.15) is 10.1 Å². The highest BCUT2D eigenvalue weighted by atomic mass is 35.5. The van der Waals surface area contributed by atoms with Gasteiger partial charge in [0.15, 0.2) is 5.82 Å². The minimum atomic E-state index is -0.193. The molecule has 2 heterocycles. The van der Waals surface area contributed by atoms with Crippen LogP contribution in [0.5, 0.6) is 0 Å². The third-order valence-electron chi connectivity index (χ3n) is 4.14. The highest BCUT2D eigenvalue weighted by molar-refractivity contribution is 6.28. The summed E-state index contributed by atoms with van der Waals surface area (Å²) in [5, 5.41) is 14.0. The fraction of sp³-hybridized carbons (Fsp3) is 0.263. The molecule has 3 rings (SSSR count). The van der Waals surface area contributed by atoms with Crippen LogP contribution in [0.2, 0.25) is 5.28 Å². The van der Waals surface area contributed by atoms with Gasteiger partial charge < -0.3 is 5.11 Å². The maximum absolute atomic E-state index is 12.4. The van der Waals surface area contributed by atoms with E-state index in [1.54, 1.807) is 23.3 Å². The van der Waals surface area contributed by atoms with Crippen molar-refractivity contribution in [1.82, 2.24) is 19.7 Å². The number of nitrogens with zero attached hydrogens (tertiary/aromatic N) is 4. The van der Waals surface area contributed by atoms with Crippen LogP contribution in [-0.4, -0.2) is 37.2 Å². The molecule has 0 aliphatic carbocycles. The average Bonchev–Trinajstić information content (AvgIpc) is 3.10. The number of aliphatic hydroxyl groups excluding tert-OH is 1. The van der Waals surface area contributed by atoms with Gasteiger partial charge in [-0.25, -0.2) is 9.67 Å². The highest BCUT2D eigenvalue weighted by Crippen LogP contribution is 2.20. The summed E-state index contributed by atoms with van der Waals surface area (Å²) in [6.45, 7) is 1.80. The maximum atomic E-state index is 12.4. The number of halogens is 1. The van der Waals surface area contributed by atoms with Gasteiger partial charge in [0.1, 0.15) is 5.78 Å². The second-order valence-corrected chi connectivity index (χ2v) is 6.49. The minimum Gasteiger partial charge on any atom is -0.396 e. The van der Waals surface area contributed by atoms with Crippen LogP contribution in [0.1, 0.15) is 29.0 Å². The van der Waals surface area contributed by atoms with E-state index in [0.717, 1.165) is 16.7 Å². The summed E-state index contributed by atoms with van der Waals surface area (Å²) in [6.07, 6.45) is 5.57. The van der Waals surface area contributed by atoms with Crippen molar-refractivity contribution in [2.24, 2.45) is 0 Å². The number of hydrogen-bond acceptors (Lipinski definition) is 5. The molecule has 1 N–H and O–H groups in total. The molecule has 0 radical (unpaired) electrons. The quantitative estimate of drug-likeness (QED) is 0.647. The normalized spacial score (nSPS) is 12.1. The Kier molecular flexibility index (Phi) is 5.75. The number of Topliss-reactive ketones (excluding diaryl/α,β-unsaturated/α-hetero) is 1. The molecule has 0 unspecified atom stereocenters. The van der Waals surface area contributed by atoms with Gasteiger partial charge in [0.25, 0.3) is 0 Å². The van der Waals surface area contributed by atoms with Crippen molar-refractivity contribution in [2.75, 3.05) is 6.61 Å². The first-order chi connectivity index (χ1) is 12.6. The van der Waals surface area contributed by atoms with E-state index in [2.05, 4.69) is 15.1 Å². The van der Waals surface area contributed by atoms with Crippen molar-refractivity contribution in [3.05, 3.63) is 70.9 Å². The topological polar surface area (TPSA) is 80.9 Å². The highest BCUT2D eigenvalue weighted by Gasteiger charge is 2.16. The van der Waals surface area contributed by atoms with E-state index in [-0.39, 0.29) is 36.4 Å². The lowest BCUT2D eigenvalue weighted by atomic mass is 9.93. The molecule has 0 amide bonds. The molecule has 1 atom stereocenters. The van der Waals surface area contributed by atoms with Crippen LogP contribution in [0.4, 0.5) is 0 Å². The molecule has 134 valence electrons. The molecule has 0 saturated carbocycles. The molecule has 2 aromatic heterocycles. The SMILES string of the molecule is Cc1cnc(Cl)nc1-n1cc(CC(=O)C[C@H](CO)c2ccccc2)cn1. The fourth-order valence-corrected chi connectivity index (χ4v) is 2.93. The van der Waals surface area contributed by atoms with Crippen LogP contribution in [0, 0.1) is 6.92 Å². The second kappa shape index (κ2) is 8.21. The zero-order valence-corrected chi connectivity index (χ0v) is 15.1. The number of carbonyl (C=O) groups excluding carboxylic acids is 1. The van der Waals surface area contributed by atoms with Crippen LogP contribution in [0.25, 0.3) is 5.82 Å². The number of aromatic nitrogens is 4.